The van der Waals surface area contributed by atoms with E-state index in [0.29, 0.717) is 5.56 Å². The number of hydrogen-bond donors (Lipinski definition) is 2. The summed E-state index contributed by atoms with van der Waals surface area (Å²) in [7, 11) is 0. The number of rotatable bonds is 7. The summed E-state index contributed by atoms with van der Waals surface area (Å²) in [6, 6.07) is 4.75. The summed E-state index contributed by atoms with van der Waals surface area (Å²) in [5.74, 6) is 1.32. The van der Waals surface area contributed by atoms with E-state index in [1.807, 2.05) is 6.07 Å². The van der Waals surface area contributed by atoms with Gasteiger partial charge in [0.1, 0.15) is 11.7 Å². The Labute approximate surface area is 119 Å². The summed E-state index contributed by atoms with van der Waals surface area (Å²) in [6.07, 6.45) is 5.35. The van der Waals surface area contributed by atoms with Crippen LogP contribution in [-0.4, -0.2) is 23.8 Å². The third kappa shape index (κ3) is 3.79. The average Bonchev–Trinajstić information content (AvgIpc) is 3.24. The van der Waals surface area contributed by atoms with Gasteiger partial charge in [-0.25, -0.2) is 4.39 Å². The first-order valence-electron chi connectivity index (χ1n) is 7.46. The predicted octanol–water partition coefficient (Wildman–Crippen LogP) is 2.73. The highest BCUT2D eigenvalue weighted by atomic mass is 19.1. The smallest absolute Gasteiger partial charge is 0.124 e. The largest absolute Gasteiger partial charge is 0.384 e. The summed E-state index contributed by atoms with van der Waals surface area (Å²) < 4.78 is 13.6. The van der Waals surface area contributed by atoms with Crippen molar-refractivity contribution >= 4 is 5.84 Å². The van der Waals surface area contributed by atoms with Gasteiger partial charge < -0.3 is 5.73 Å². The maximum Gasteiger partial charge on any atom is 0.124 e. The maximum absolute atomic E-state index is 13.6. The van der Waals surface area contributed by atoms with E-state index in [4.69, 9.17) is 11.1 Å². The van der Waals surface area contributed by atoms with Crippen LogP contribution in [0, 0.1) is 23.1 Å². The van der Waals surface area contributed by atoms with Gasteiger partial charge in [0.05, 0.1) is 0 Å². The van der Waals surface area contributed by atoms with Crippen LogP contribution < -0.4 is 5.73 Å². The summed E-state index contributed by atoms with van der Waals surface area (Å²) in [5, 5.41) is 7.45. The lowest BCUT2D eigenvalue weighted by Crippen LogP contribution is -2.28. The lowest BCUT2D eigenvalue weighted by atomic mass is 10.1. The highest BCUT2D eigenvalue weighted by Crippen LogP contribution is 2.34. The molecular formula is C16H22FN3. The Hall–Kier alpha value is -1.42. The first kappa shape index (κ1) is 13.6. The van der Waals surface area contributed by atoms with Crippen LogP contribution in [0.15, 0.2) is 18.2 Å². The Morgan fingerprint density at radius 2 is 1.75 bits per heavy atom. The van der Waals surface area contributed by atoms with Crippen molar-refractivity contribution in [3.8, 4) is 0 Å². The molecule has 0 saturated heterocycles. The van der Waals surface area contributed by atoms with Gasteiger partial charge in [0, 0.05) is 25.2 Å². The van der Waals surface area contributed by atoms with Gasteiger partial charge in [-0.3, -0.25) is 10.3 Å². The van der Waals surface area contributed by atoms with Crippen LogP contribution in [0.2, 0.25) is 0 Å². The molecule has 0 unspecified atom stereocenters. The molecule has 0 radical (unpaired) electrons. The Morgan fingerprint density at radius 3 is 2.25 bits per heavy atom. The van der Waals surface area contributed by atoms with Crippen molar-refractivity contribution in [2.45, 2.75) is 32.2 Å². The minimum Gasteiger partial charge on any atom is -0.384 e. The zero-order valence-electron chi connectivity index (χ0n) is 11.7. The molecule has 0 amide bonds. The van der Waals surface area contributed by atoms with Gasteiger partial charge in [-0.05, 0) is 61.3 Å². The summed E-state index contributed by atoms with van der Waals surface area (Å²) in [4.78, 5) is 2.45. The van der Waals surface area contributed by atoms with Crippen LogP contribution in [0.5, 0.6) is 0 Å². The Balaban J connectivity index is 1.70. The topological polar surface area (TPSA) is 53.1 Å². The third-order valence-electron chi connectivity index (χ3n) is 4.10. The molecular weight excluding hydrogens is 253 g/mol. The predicted molar refractivity (Wildman–Crippen MR) is 78.1 cm³/mol. The molecule has 0 bridgehead atoms. The van der Waals surface area contributed by atoms with E-state index in [0.717, 1.165) is 37.0 Å². The van der Waals surface area contributed by atoms with Crippen molar-refractivity contribution in [1.82, 2.24) is 4.90 Å². The molecule has 0 aromatic heterocycles. The number of nitrogens with one attached hydrogen (secondary N) is 1. The average molecular weight is 275 g/mol. The molecule has 1 aromatic rings. The van der Waals surface area contributed by atoms with E-state index in [1.165, 1.54) is 31.7 Å². The molecule has 3 nitrogen and oxygen atoms in total. The summed E-state index contributed by atoms with van der Waals surface area (Å²) >= 11 is 0. The van der Waals surface area contributed by atoms with Gasteiger partial charge in [-0.2, -0.15) is 0 Å². The van der Waals surface area contributed by atoms with E-state index < -0.39 is 0 Å². The maximum atomic E-state index is 13.6. The number of hydrogen-bond acceptors (Lipinski definition) is 2. The first-order valence-corrected chi connectivity index (χ1v) is 7.46. The molecule has 2 aliphatic carbocycles. The molecule has 1 aromatic carbocycles. The van der Waals surface area contributed by atoms with Gasteiger partial charge >= 0.3 is 0 Å². The molecule has 0 atom stereocenters. The van der Waals surface area contributed by atoms with Crippen molar-refractivity contribution in [2.75, 3.05) is 13.1 Å². The number of halogens is 1. The van der Waals surface area contributed by atoms with Gasteiger partial charge in [0.25, 0.3) is 0 Å². The minimum atomic E-state index is -0.300. The number of nitrogen functional groups attached to an aromatic ring is 1. The number of amidine groups is 1. The van der Waals surface area contributed by atoms with Crippen molar-refractivity contribution in [2.24, 2.45) is 17.6 Å². The molecule has 2 aliphatic rings. The molecule has 0 spiro atoms. The minimum absolute atomic E-state index is 0.0679. The van der Waals surface area contributed by atoms with Crippen molar-refractivity contribution in [3.63, 3.8) is 0 Å². The zero-order chi connectivity index (χ0) is 14.1. The van der Waals surface area contributed by atoms with Crippen LogP contribution in [0.4, 0.5) is 4.39 Å². The fourth-order valence-corrected chi connectivity index (χ4v) is 2.69. The van der Waals surface area contributed by atoms with E-state index in [-0.39, 0.29) is 11.7 Å². The Bertz CT molecular complexity index is 492. The van der Waals surface area contributed by atoms with Crippen molar-refractivity contribution < 1.29 is 4.39 Å². The fraction of sp³-hybridized carbons (Fsp3) is 0.562. The van der Waals surface area contributed by atoms with Crippen LogP contribution in [-0.2, 0) is 6.54 Å². The van der Waals surface area contributed by atoms with E-state index >= 15 is 0 Å². The van der Waals surface area contributed by atoms with E-state index in [9.17, 15) is 4.39 Å². The summed E-state index contributed by atoms with van der Waals surface area (Å²) in [6.45, 7) is 3.02. The third-order valence-corrected chi connectivity index (χ3v) is 4.10. The highest BCUT2D eigenvalue weighted by Gasteiger charge is 2.29. The van der Waals surface area contributed by atoms with Crippen LogP contribution >= 0.6 is 0 Å². The quantitative estimate of drug-likeness (QED) is 0.594. The first-order chi connectivity index (χ1) is 9.60. The number of benzene rings is 1. The molecule has 4 heteroatoms. The number of nitrogens with zero attached hydrogens (tertiary/aromatic N) is 1. The molecule has 3 N–H and O–H groups in total. The fourth-order valence-electron chi connectivity index (χ4n) is 2.69. The van der Waals surface area contributed by atoms with Crippen molar-refractivity contribution in [1.29, 1.82) is 5.41 Å². The van der Waals surface area contributed by atoms with Gasteiger partial charge in [0.2, 0.25) is 0 Å². The SMILES string of the molecule is N=C(N)c1cc(F)cc(CN(CC2CC2)CC2CC2)c1. The van der Waals surface area contributed by atoms with E-state index in [2.05, 4.69) is 4.90 Å². The normalized spacial score (nSPS) is 18.5. The highest BCUT2D eigenvalue weighted by molar-refractivity contribution is 5.95. The molecule has 0 aliphatic heterocycles. The molecule has 108 valence electrons. The van der Waals surface area contributed by atoms with Crippen molar-refractivity contribution in [3.05, 3.63) is 35.1 Å². The molecule has 20 heavy (non-hydrogen) atoms. The monoisotopic (exact) mass is 275 g/mol. The molecule has 3 rings (SSSR count). The van der Waals surface area contributed by atoms with Crippen LogP contribution in [0.1, 0.15) is 36.8 Å². The van der Waals surface area contributed by atoms with Gasteiger partial charge in [-0.15, -0.1) is 0 Å². The lowest BCUT2D eigenvalue weighted by molar-refractivity contribution is 0.244. The van der Waals surface area contributed by atoms with Gasteiger partial charge in [0.15, 0.2) is 0 Å². The standard InChI is InChI=1S/C16H22FN3/c17-15-6-13(5-14(7-15)16(18)19)10-20(8-11-1-2-11)9-12-3-4-12/h5-7,11-12H,1-4,8-10H2,(H3,18,19). The molecule has 2 saturated carbocycles. The van der Waals surface area contributed by atoms with Crippen LogP contribution in [0.3, 0.4) is 0 Å². The molecule has 0 heterocycles. The summed E-state index contributed by atoms with van der Waals surface area (Å²) in [5.41, 5.74) is 6.88. The van der Waals surface area contributed by atoms with Gasteiger partial charge in [-0.1, -0.05) is 0 Å². The zero-order valence-corrected chi connectivity index (χ0v) is 11.7. The Kier molecular flexibility index (Phi) is 3.74. The second-order valence-electron chi connectivity index (χ2n) is 6.34. The lowest BCUT2D eigenvalue weighted by Gasteiger charge is -2.22. The Morgan fingerprint density at radius 1 is 1.15 bits per heavy atom. The molecule has 2 fully saturated rings. The number of nitrogens with two attached hydrogens (primary N) is 1. The van der Waals surface area contributed by atoms with E-state index in [1.54, 1.807) is 6.07 Å². The van der Waals surface area contributed by atoms with Crippen LogP contribution in [0.25, 0.3) is 0 Å². The second-order valence-corrected chi connectivity index (χ2v) is 6.34. The second kappa shape index (κ2) is 5.52.